The van der Waals surface area contributed by atoms with E-state index in [0.717, 1.165) is 72.5 Å². The second-order valence-electron chi connectivity index (χ2n) is 14.8. The molecule has 0 unspecified atom stereocenters. The molecule has 0 amide bonds. The number of benzene rings is 8. The van der Waals surface area contributed by atoms with Crippen LogP contribution in [0, 0.1) is 0 Å². The highest BCUT2D eigenvalue weighted by Crippen LogP contribution is 2.41. The van der Waals surface area contributed by atoms with E-state index in [2.05, 4.69) is 199 Å². The van der Waals surface area contributed by atoms with Gasteiger partial charge in [-0.1, -0.05) is 188 Å². The van der Waals surface area contributed by atoms with Crippen molar-refractivity contribution >= 4 is 32.7 Å². The fraction of sp³-hybridized carbons (Fsp3) is 0. The topological polar surface area (TPSA) is 43.6 Å². The standard InChI is InChI=1S/C55H36N4/c1-4-14-37(15-5-1)38-24-26-39(27-25-38)40-28-30-41(31-29-40)49-36-50(58-55(57-49)44-18-8-3-9-19-44)42-32-34-45(35-33-42)59-51-23-13-11-21-47(51)52-46-20-10-12-22-48(46)56-53(54(52)59)43-16-6-2-7-17-43/h1-36H. The molecule has 0 fully saturated rings. The average molecular weight is 753 g/mol. The van der Waals surface area contributed by atoms with Gasteiger partial charge in [-0.15, -0.1) is 0 Å². The molecule has 4 heteroatoms. The number of nitrogens with zero attached hydrogens (tertiary/aromatic N) is 4. The summed E-state index contributed by atoms with van der Waals surface area (Å²) in [6.45, 7) is 0. The van der Waals surface area contributed by atoms with Crippen LogP contribution >= 0.6 is 0 Å². The third-order valence-electron chi connectivity index (χ3n) is 11.2. The summed E-state index contributed by atoms with van der Waals surface area (Å²) in [7, 11) is 0. The van der Waals surface area contributed by atoms with E-state index >= 15 is 0 Å². The Hall–Kier alpha value is -7.95. The van der Waals surface area contributed by atoms with E-state index in [9.17, 15) is 0 Å². The molecule has 0 aliphatic rings. The van der Waals surface area contributed by atoms with E-state index in [1.54, 1.807) is 0 Å². The average Bonchev–Trinajstić information content (AvgIpc) is 3.68. The number of rotatable bonds is 7. The number of fused-ring (bicyclic) bond motifs is 5. The molecule has 3 aromatic heterocycles. The molecule has 3 heterocycles. The first-order chi connectivity index (χ1) is 29.2. The summed E-state index contributed by atoms with van der Waals surface area (Å²) in [6, 6.07) is 76.7. The second kappa shape index (κ2) is 14.5. The highest BCUT2D eigenvalue weighted by atomic mass is 15.0. The van der Waals surface area contributed by atoms with Crippen LogP contribution in [0.15, 0.2) is 218 Å². The molecule has 0 spiro atoms. The Labute approximate surface area is 342 Å². The minimum absolute atomic E-state index is 0.690. The van der Waals surface area contributed by atoms with Crippen LogP contribution in [0.2, 0.25) is 0 Å². The first-order valence-electron chi connectivity index (χ1n) is 19.9. The Bertz CT molecular complexity index is 3260. The predicted octanol–water partition coefficient (Wildman–Crippen LogP) is 14.1. The van der Waals surface area contributed by atoms with Gasteiger partial charge in [0, 0.05) is 44.1 Å². The zero-order chi connectivity index (χ0) is 39.1. The summed E-state index contributed by atoms with van der Waals surface area (Å²) in [5.41, 5.74) is 15.8. The van der Waals surface area contributed by atoms with Crippen LogP contribution in [0.25, 0.3) is 106 Å². The van der Waals surface area contributed by atoms with Crippen molar-refractivity contribution in [3.63, 3.8) is 0 Å². The van der Waals surface area contributed by atoms with Crippen LogP contribution in [0.1, 0.15) is 0 Å². The molecule has 0 atom stereocenters. The number of para-hydroxylation sites is 2. The van der Waals surface area contributed by atoms with E-state index in [0.29, 0.717) is 5.82 Å². The summed E-state index contributed by atoms with van der Waals surface area (Å²) in [6.07, 6.45) is 0. The molecule has 0 N–H and O–H groups in total. The van der Waals surface area contributed by atoms with Gasteiger partial charge < -0.3 is 4.57 Å². The number of hydrogen-bond acceptors (Lipinski definition) is 3. The van der Waals surface area contributed by atoms with E-state index in [1.165, 1.54) is 27.5 Å². The lowest BCUT2D eigenvalue weighted by atomic mass is 9.99. The summed E-state index contributed by atoms with van der Waals surface area (Å²) >= 11 is 0. The molecule has 8 aromatic carbocycles. The molecule has 0 bridgehead atoms. The highest BCUT2D eigenvalue weighted by molar-refractivity contribution is 6.23. The van der Waals surface area contributed by atoms with Crippen molar-refractivity contribution in [1.82, 2.24) is 19.5 Å². The van der Waals surface area contributed by atoms with Crippen LogP contribution < -0.4 is 0 Å². The Balaban J connectivity index is 1.01. The molecular weight excluding hydrogens is 717 g/mol. The van der Waals surface area contributed by atoms with Gasteiger partial charge in [-0.25, -0.2) is 15.0 Å². The van der Waals surface area contributed by atoms with E-state index in [4.69, 9.17) is 15.0 Å². The maximum absolute atomic E-state index is 5.30. The van der Waals surface area contributed by atoms with Crippen molar-refractivity contribution in [3.05, 3.63) is 218 Å². The molecule has 276 valence electrons. The predicted molar refractivity (Wildman–Crippen MR) is 244 cm³/mol. The molecule has 0 saturated heterocycles. The largest absolute Gasteiger partial charge is 0.307 e. The van der Waals surface area contributed by atoms with Gasteiger partial charge in [0.1, 0.15) is 0 Å². The zero-order valence-electron chi connectivity index (χ0n) is 32.1. The summed E-state index contributed by atoms with van der Waals surface area (Å²) in [5.74, 6) is 0.690. The Morgan fingerprint density at radius 3 is 1.36 bits per heavy atom. The maximum Gasteiger partial charge on any atom is 0.160 e. The lowest BCUT2D eigenvalue weighted by Gasteiger charge is -2.14. The van der Waals surface area contributed by atoms with E-state index in [1.807, 2.05) is 24.3 Å². The Kier molecular flexibility index (Phi) is 8.45. The first-order valence-corrected chi connectivity index (χ1v) is 19.9. The maximum atomic E-state index is 5.30. The zero-order valence-corrected chi connectivity index (χ0v) is 32.1. The van der Waals surface area contributed by atoms with Gasteiger partial charge in [-0.05, 0) is 52.6 Å². The van der Waals surface area contributed by atoms with Gasteiger partial charge in [-0.3, -0.25) is 0 Å². The van der Waals surface area contributed by atoms with Crippen molar-refractivity contribution in [1.29, 1.82) is 0 Å². The molecular formula is C55H36N4. The lowest BCUT2D eigenvalue weighted by Crippen LogP contribution is -1.98. The molecule has 0 aliphatic heterocycles. The molecule has 0 aliphatic carbocycles. The first kappa shape index (κ1) is 34.3. The normalized spacial score (nSPS) is 11.4. The second-order valence-corrected chi connectivity index (χ2v) is 14.8. The number of aromatic nitrogens is 4. The van der Waals surface area contributed by atoms with Gasteiger partial charge in [0.05, 0.1) is 33.6 Å². The molecule has 11 rings (SSSR count). The highest BCUT2D eigenvalue weighted by Gasteiger charge is 2.21. The number of hydrogen-bond donors (Lipinski definition) is 0. The van der Waals surface area contributed by atoms with Crippen molar-refractivity contribution in [2.45, 2.75) is 0 Å². The Morgan fingerprint density at radius 2 is 0.763 bits per heavy atom. The smallest absolute Gasteiger partial charge is 0.160 e. The van der Waals surface area contributed by atoms with Crippen molar-refractivity contribution in [2.24, 2.45) is 0 Å². The molecule has 59 heavy (non-hydrogen) atoms. The van der Waals surface area contributed by atoms with Crippen LogP contribution in [-0.4, -0.2) is 19.5 Å². The number of pyridine rings is 1. The van der Waals surface area contributed by atoms with E-state index < -0.39 is 0 Å². The third-order valence-corrected chi connectivity index (χ3v) is 11.2. The molecule has 0 radical (unpaired) electrons. The minimum atomic E-state index is 0.690. The molecule has 0 saturated carbocycles. The van der Waals surface area contributed by atoms with Crippen LogP contribution in [0.5, 0.6) is 0 Å². The van der Waals surface area contributed by atoms with Gasteiger partial charge in [0.15, 0.2) is 5.82 Å². The fourth-order valence-corrected chi connectivity index (χ4v) is 8.32. The quantitative estimate of drug-likeness (QED) is 0.163. The monoisotopic (exact) mass is 752 g/mol. The summed E-state index contributed by atoms with van der Waals surface area (Å²) < 4.78 is 2.37. The van der Waals surface area contributed by atoms with Crippen molar-refractivity contribution < 1.29 is 0 Å². The summed E-state index contributed by atoms with van der Waals surface area (Å²) in [5, 5.41) is 3.55. The van der Waals surface area contributed by atoms with Crippen molar-refractivity contribution in [3.8, 4) is 73.1 Å². The van der Waals surface area contributed by atoms with Crippen LogP contribution in [0.3, 0.4) is 0 Å². The van der Waals surface area contributed by atoms with Gasteiger partial charge >= 0.3 is 0 Å². The molecule has 11 aromatic rings. The minimum Gasteiger partial charge on any atom is -0.307 e. The van der Waals surface area contributed by atoms with Crippen LogP contribution in [0.4, 0.5) is 0 Å². The summed E-state index contributed by atoms with van der Waals surface area (Å²) in [4.78, 5) is 15.6. The van der Waals surface area contributed by atoms with E-state index in [-0.39, 0.29) is 0 Å². The van der Waals surface area contributed by atoms with Gasteiger partial charge in [0.25, 0.3) is 0 Å². The fourth-order valence-electron chi connectivity index (χ4n) is 8.32. The third kappa shape index (κ3) is 6.24. The molecule has 4 nitrogen and oxygen atoms in total. The van der Waals surface area contributed by atoms with Gasteiger partial charge in [0.2, 0.25) is 0 Å². The lowest BCUT2D eigenvalue weighted by molar-refractivity contribution is 1.16. The van der Waals surface area contributed by atoms with Crippen LogP contribution in [-0.2, 0) is 0 Å². The Morgan fingerprint density at radius 1 is 0.322 bits per heavy atom. The SMILES string of the molecule is c1ccc(-c2ccc(-c3ccc(-c4cc(-c5ccc(-n6c7ccccc7c7c8ccccc8nc(-c8ccccc8)c76)cc5)nc(-c5ccccc5)n4)cc3)cc2)cc1. The van der Waals surface area contributed by atoms with Gasteiger partial charge in [-0.2, -0.15) is 0 Å². The van der Waals surface area contributed by atoms with Crippen molar-refractivity contribution in [2.75, 3.05) is 0 Å².